The molecule has 2 amide bonds. The average Bonchev–Trinajstić information content (AvgIpc) is 3.60. The molecule has 0 spiro atoms. The topological polar surface area (TPSA) is 138 Å². The van der Waals surface area contributed by atoms with Gasteiger partial charge in [-0.1, -0.05) is 0 Å². The van der Waals surface area contributed by atoms with Crippen LogP contribution in [0.25, 0.3) is 31.8 Å². The van der Waals surface area contributed by atoms with Gasteiger partial charge in [-0.05, 0) is 36.8 Å². The Morgan fingerprint density at radius 2 is 2.00 bits per heavy atom. The maximum Gasteiger partial charge on any atom is 0.415 e. The number of cyclic esters (lactones) is 1. The molecule has 3 aromatic heterocycles. The van der Waals surface area contributed by atoms with Crippen LogP contribution < -0.4 is 19.7 Å². The van der Waals surface area contributed by atoms with Crippen molar-refractivity contribution >= 4 is 56.3 Å². The fraction of sp³-hybridized carbons (Fsp3) is 0.214. The molecule has 4 heterocycles. The zero-order valence-corrected chi connectivity index (χ0v) is 23.2. The first kappa shape index (κ1) is 27.1. The number of nitrogens with zero attached hydrogens (tertiary/aromatic N) is 5. The standard InChI is InChI=1S/C28H23FN6O6S/c1-15-9-17(25-20(10-15)33-24(38-2)14-31-25)26-34-19-11-18(29)21(12-22(19)42-26)39-7-8-40-27(36)32-16-3-4-23(30-13-16)35-5-6-41-28(35)37/h3-4,9-14H,5-8H2,1-2H3,(H,32,36). The van der Waals surface area contributed by atoms with Gasteiger partial charge >= 0.3 is 12.2 Å². The number of carbonyl (C=O) groups excluding carboxylic acids is 2. The molecule has 2 aromatic carbocycles. The van der Waals surface area contributed by atoms with E-state index >= 15 is 0 Å². The Labute approximate surface area is 242 Å². The SMILES string of the molecule is COc1cnc2c(-c3nc4cc(F)c(OCCOC(=O)Nc5ccc(N6CCOC6=O)nc5)cc4s3)cc(C)cc2n1. The predicted molar refractivity (Wildman–Crippen MR) is 153 cm³/mol. The number of halogens is 1. The number of aromatic nitrogens is 4. The van der Waals surface area contributed by atoms with Crippen molar-refractivity contribution in [2.75, 3.05) is 43.7 Å². The molecule has 0 bridgehead atoms. The highest BCUT2D eigenvalue weighted by molar-refractivity contribution is 7.21. The second-order valence-corrected chi connectivity index (χ2v) is 10.2. The van der Waals surface area contributed by atoms with Crippen LogP contribution >= 0.6 is 11.3 Å². The predicted octanol–water partition coefficient (Wildman–Crippen LogP) is 5.34. The van der Waals surface area contributed by atoms with E-state index in [2.05, 4.69) is 25.3 Å². The lowest BCUT2D eigenvalue weighted by Gasteiger charge is -2.12. The first-order chi connectivity index (χ1) is 20.4. The van der Waals surface area contributed by atoms with Crippen LogP contribution in [0, 0.1) is 12.7 Å². The third-order valence-electron chi connectivity index (χ3n) is 6.26. The molecule has 214 valence electrons. The van der Waals surface area contributed by atoms with Gasteiger partial charge in [-0.3, -0.25) is 10.2 Å². The molecule has 6 rings (SSSR count). The normalized spacial score (nSPS) is 12.9. The molecule has 42 heavy (non-hydrogen) atoms. The van der Waals surface area contributed by atoms with Crippen molar-refractivity contribution in [2.24, 2.45) is 0 Å². The van der Waals surface area contributed by atoms with Crippen molar-refractivity contribution < 1.29 is 32.9 Å². The lowest BCUT2D eigenvalue weighted by Crippen LogP contribution is -2.24. The van der Waals surface area contributed by atoms with Crippen LogP contribution in [0.3, 0.4) is 0 Å². The van der Waals surface area contributed by atoms with Crippen LogP contribution in [0.2, 0.25) is 0 Å². The van der Waals surface area contributed by atoms with Crippen molar-refractivity contribution in [3.63, 3.8) is 0 Å². The summed E-state index contributed by atoms with van der Waals surface area (Å²) in [6, 6.07) is 9.93. The van der Waals surface area contributed by atoms with Crippen LogP contribution in [0.4, 0.5) is 25.5 Å². The largest absolute Gasteiger partial charge is 0.487 e. The highest BCUT2D eigenvalue weighted by atomic mass is 32.1. The molecule has 0 saturated carbocycles. The third kappa shape index (κ3) is 5.56. The van der Waals surface area contributed by atoms with E-state index in [1.807, 2.05) is 19.1 Å². The van der Waals surface area contributed by atoms with E-state index in [0.29, 0.717) is 56.8 Å². The fourth-order valence-corrected chi connectivity index (χ4v) is 5.32. The van der Waals surface area contributed by atoms with E-state index in [1.54, 1.807) is 24.4 Å². The Balaban J connectivity index is 1.08. The van der Waals surface area contributed by atoms with Crippen molar-refractivity contribution in [1.82, 2.24) is 19.9 Å². The molecule has 1 aliphatic heterocycles. The van der Waals surface area contributed by atoms with Gasteiger partial charge in [-0.2, -0.15) is 0 Å². The van der Waals surface area contributed by atoms with E-state index < -0.39 is 18.0 Å². The summed E-state index contributed by atoms with van der Waals surface area (Å²) >= 11 is 1.37. The molecule has 1 saturated heterocycles. The van der Waals surface area contributed by atoms with Crippen molar-refractivity contribution in [3.8, 4) is 22.2 Å². The summed E-state index contributed by atoms with van der Waals surface area (Å²) in [5.41, 5.74) is 3.95. The molecule has 0 unspecified atom stereocenters. The lowest BCUT2D eigenvalue weighted by atomic mass is 10.1. The van der Waals surface area contributed by atoms with Crippen LogP contribution in [0.1, 0.15) is 5.56 Å². The molecule has 1 N–H and O–H groups in total. The number of pyridine rings is 1. The summed E-state index contributed by atoms with van der Waals surface area (Å²) in [5.74, 6) is 0.251. The van der Waals surface area contributed by atoms with E-state index in [0.717, 1.165) is 11.1 Å². The van der Waals surface area contributed by atoms with Crippen LogP contribution in [0.15, 0.2) is 48.8 Å². The van der Waals surface area contributed by atoms with E-state index in [1.165, 1.54) is 35.6 Å². The third-order valence-corrected chi connectivity index (χ3v) is 7.31. The summed E-state index contributed by atoms with van der Waals surface area (Å²) in [6.45, 7) is 2.46. The van der Waals surface area contributed by atoms with E-state index in [4.69, 9.17) is 18.9 Å². The number of thiazole rings is 1. The number of hydrogen-bond donors (Lipinski definition) is 1. The van der Waals surface area contributed by atoms with Crippen LogP contribution in [-0.4, -0.2) is 65.6 Å². The number of hydrogen-bond acceptors (Lipinski definition) is 11. The molecular weight excluding hydrogens is 567 g/mol. The van der Waals surface area contributed by atoms with Gasteiger partial charge in [-0.25, -0.2) is 33.9 Å². The second kappa shape index (κ2) is 11.4. The van der Waals surface area contributed by atoms with Crippen molar-refractivity contribution in [3.05, 3.63) is 60.2 Å². The van der Waals surface area contributed by atoms with Gasteiger partial charge in [-0.15, -0.1) is 11.3 Å². The molecule has 14 heteroatoms. The molecule has 1 aliphatic rings. The Bertz CT molecular complexity index is 1820. The Morgan fingerprint density at radius 1 is 1.12 bits per heavy atom. The average molecular weight is 591 g/mol. The number of fused-ring (bicyclic) bond motifs is 2. The number of aryl methyl sites for hydroxylation is 1. The Hall–Kier alpha value is -5.11. The number of carbonyl (C=O) groups is 2. The molecule has 0 aliphatic carbocycles. The first-order valence-corrected chi connectivity index (χ1v) is 13.6. The minimum absolute atomic E-state index is 0.0144. The summed E-state index contributed by atoms with van der Waals surface area (Å²) in [5, 5.41) is 3.20. The summed E-state index contributed by atoms with van der Waals surface area (Å²) in [4.78, 5) is 42.9. The second-order valence-electron chi connectivity index (χ2n) is 9.14. The highest BCUT2D eigenvalue weighted by Crippen LogP contribution is 2.37. The lowest BCUT2D eigenvalue weighted by molar-refractivity contribution is 0.136. The summed E-state index contributed by atoms with van der Waals surface area (Å²) in [6.07, 6.45) is 1.74. The number of methoxy groups -OCH3 is 1. The van der Waals surface area contributed by atoms with Gasteiger partial charge < -0.3 is 18.9 Å². The highest BCUT2D eigenvalue weighted by Gasteiger charge is 2.24. The molecule has 12 nitrogen and oxygen atoms in total. The summed E-state index contributed by atoms with van der Waals surface area (Å²) < 4.78 is 36.3. The number of amides is 2. The number of ether oxygens (including phenoxy) is 4. The number of anilines is 2. The number of rotatable bonds is 8. The fourth-order valence-electron chi connectivity index (χ4n) is 4.33. The first-order valence-electron chi connectivity index (χ1n) is 12.8. The maximum atomic E-state index is 14.8. The van der Waals surface area contributed by atoms with Gasteiger partial charge in [0.15, 0.2) is 11.6 Å². The smallest absolute Gasteiger partial charge is 0.415 e. The Kier molecular flexibility index (Phi) is 7.35. The summed E-state index contributed by atoms with van der Waals surface area (Å²) in [7, 11) is 1.53. The van der Waals surface area contributed by atoms with Gasteiger partial charge in [0.1, 0.15) is 30.6 Å². The molecule has 1 fully saturated rings. The van der Waals surface area contributed by atoms with Crippen molar-refractivity contribution in [1.29, 1.82) is 0 Å². The quantitative estimate of drug-likeness (QED) is 0.236. The van der Waals surface area contributed by atoms with E-state index in [9.17, 15) is 14.0 Å². The van der Waals surface area contributed by atoms with Gasteiger partial charge in [0, 0.05) is 17.7 Å². The zero-order chi connectivity index (χ0) is 29.2. The Morgan fingerprint density at radius 3 is 2.76 bits per heavy atom. The van der Waals surface area contributed by atoms with Gasteiger partial charge in [0.25, 0.3) is 0 Å². The number of nitrogens with one attached hydrogen (secondary N) is 1. The molecule has 0 atom stereocenters. The van der Waals surface area contributed by atoms with E-state index in [-0.39, 0.29) is 19.0 Å². The number of benzene rings is 2. The minimum Gasteiger partial charge on any atom is -0.487 e. The zero-order valence-electron chi connectivity index (χ0n) is 22.4. The van der Waals surface area contributed by atoms with Gasteiger partial charge in [0.2, 0.25) is 5.88 Å². The molecular formula is C28H23FN6O6S. The minimum atomic E-state index is -0.733. The molecule has 5 aromatic rings. The molecule has 0 radical (unpaired) electrons. The van der Waals surface area contributed by atoms with Gasteiger partial charge in [0.05, 0.1) is 53.0 Å². The van der Waals surface area contributed by atoms with Crippen LogP contribution in [0.5, 0.6) is 11.6 Å². The monoisotopic (exact) mass is 590 g/mol. The van der Waals surface area contributed by atoms with Crippen LogP contribution in [-0.2, 0) is 9.47 Å². The van der Waals surface area contributed by atoms with Crippen molar-refractivity contribution in [2.45, 2.75) is 6.92 Å². The maximum absolute atomic E-state index is 14.8.